The molecule has 0 aromatic heterocycles. The number of thioether (sulfide) groups is 1. The first-order chi connectivity index (χ1) is 11.5. The van der Waals surface area contributed by atoms with Crippen LogP contribution in [-0.2, 0) is 9.53 Å². The second-order valence-corrected chi connectivity index (χ2v) is 6.77. The first kappa shape index (κ1) is 18.6. The van der Waals surface area contributed by atoms with E-state index in [-0.39, 0.29) is 0 Å². The average molecular weight is 384 g/mol. The number of benzene rings is 2. The van der Waals surface area contributed by atoms with Crippen molar-refractivity contribution in [2.45, 2.75) is 11.8 Å². The van der Waals surface area contributed by atoms with Gasteiger partial charge in [0.05, 0.1) is 21.3 Å². The number of halogens is 2. The van der Waals surface area contributed by atoms with Crippen LogP contribution in [0.25, 0.3) is 0 Å². The third-order valence-electron chi connectivity index (χ3n) is 2.97. The topological polar surface area (TPSA) is 55.4 Å². The van der Waals surface area contributed by atoms with Gasteiger partial charge in [-0.05, 0) is 30.0 Å². The van der Waals surface area contributed by atoms with Crippen molar-refractivity contribution in [1.29, 1.82) is 0 Å². The zero-order valence-corrected chi connectivity index (χ0v) is 15.2. The highest BCUT2D eigenvalue weighted by Gasteiger charge is 2.15. The minimum Gasteiger partial charge on any atom is -0.452 e. The van der Waals surface area contributed by atoms with E-state index < -0.39 is 18.5 Å². The fourth-order valence-electron chi connectivity index (χ4n) is 1.92. The van der Waals surface area contributed by atoms with E-state index in [9.17, 15) is 9.59 Å². The summed E-state index contributed by atoms with van der Waals surface area (Å²) in [5, 5.41) is 3.16. The Kier molecular flexibility index (Phi) is 6.97. The molecule has 0 spiro atoms. The van der Waals surface area contributed by atoms with Gasteiger partial charge in [-0.25, -0.2) is 4.79 Å². The predicted molar refractivity (Wildman–Crippen MR) is 98.2 cm³/mol. The van der Waals surface area contributed by atoms with Crippen molar-refractivity contribution in [1.82, 2.24) is 0 Å². The molecular formula is C17H15Cl2NO3S. The zero-order chi connectivity index (χ0) is 17.5. The molecule has 0 radical (unpaired) electrons. The SMILES string of the molecule is CCSc1ccccc1C(=O)OCC(=O)Nc1c(Cl)cccc1Cl. The molecule has 7 heteroatoms. The molecule has 0 aliphatic carbocycles. The lowest BCUT2D eigenvalue weighted by molar-refractivity contribution is -0.119. The first-order valence-electron chi connectivity index (χ1n) is 7.15. The normalized spacial score (nSPS) is 10.3. The van der Waals surface area contributed by atoms with Gasteiger partial charge in [-0.2, -0.15) is 0 Å². The number of para-hydroxylation sites is 1. The molecule has 24 heavy (non-hydrogen) atoms. The Morgan fingerprint density at radius 1 is 1.08 bits per heavy atom. The largest absolute Gasteiger partial charge is 0.452 e. The standard InChI is InChI=1S/C17H15Cl2NO3S/c1-2-24-14-9-4-3-6-11(14)17(22)23-10-15(21)20-16-12(18)7-5-8-13(16)19/h3-9H,2,10H2,1H3,(H,20,21). The molecule has 1 N–H and O–H groups in total. The number of esters is 1. The Bertz CT molecular complexity index is 732. The van der Waals surface area contributed by atoms with Gasteiger partial charge in [-0.15, -0.1) is 11.8 Å². The Morgan fingerprint density at radius 3 is 2.42 bits per heavy atom. The molecule has 0 saturated carbocycles. The van der Waals surface area contributed by atoms with Crippen molar-refractivity contribution >= 4 is 52.5 Å². The number of amides is 1. The highest BCUT2D eigenvalue weighted by atomic mass is 35.5. The second-order valence-electron chi connectivity index (χ2n) is 4.65. The third kappa shape index (κ3) is 4.90. The van der Waals surface area contributed by atoms with Gasteiger partial charge in [0.1, 0.15) is 0 Å². The van der Waals surface area contributed by atoms with Crippen molar-refractivity contribution in [2.24, 2.45) is 0 Å². The monoisotopic (exact) mass is 383 g/mol. The van der Waals surface area contributed by atoms with Gasteiger partial charge in [-0.3, -0.25) is 4.79 Å². The molecule has 2 rings (SSSR count). The quantitative estimate of drug-likeness (QED) is 0.569. The predicted octanol–water partition coefficient (Wildman–Crippen LogP) is 4.90. The maximum atomic E-state index is 12.2. The van der Waals surface area contributed by atoms with Gasteiger partial charge in [-0.1, -0.05) is 48.3 Å². The van der Waals surface area contributed by atoms with Crippen LogP contribution in [0.5, 0.6) is 0 Å². The van der Waals surface area contributed by atoms with Gasteiger partial charge in [0.2, 0.25) is 0 Å². The van der Waals surface area contributed by atoms with Crippen LogP contribution in [0.4, 0.5) is 5.69 Å². The summed E-state index contributed by atoms with van der Waals surface area (Å²) in [7, 11) is 0. The number of rotatable bonds is 6. The van der Waals surface area contributed by atoms with Crippen LogP contribution in [-0.4, -0.2) is 24.2 Å². The van der Waals surface area contributed by atoms with E-state index in [1.807, 2.05) is 19.1 Å². The van der Waals surface area contributed by atoms with Crippen molar-refractivity contribution < 1.29 is 14.3 Å². The summed E-state index contributed by atoms with van der Waals surface area (Å²) >= 11 is 13.5. The van der Waals surface area contributed by atoms with Gasteiger partial charge in [0.15, 0.2) is 6.61 Å². The van der Waals surface area contributed by atoms with Crippen LogP contribution in [0.3, 0.4) is 0 Å². The summed E-state index contributed by atoms with van der Waals surface area (Å²) in [6.07, 6.45) is 0. The van der Waals surface area contributed by atoms with E-state index in [0.29, 0.717) is 21.3 Å². The number of nitrogens with one attached hydrogen (secondary N) is 1. The van der Waals surface area contributed by atoms with Crippen molar-refractivity contribution in [3.05, 3.63) is 58.1 Å². The molecule has 1 amide bonds. The molecule has 0 atom stereocenters. The van der Waals surface area contributed by atoms with E-state index in [4.69, 9.17) is 27.9 Å². The summed E-state index contributed by atoms with van der Waals surface area (Å²) in [6, 6.07) is 12.0. The molecule has 0 heterocycles. The fraction of sp³-hybridized carbons (Fsp3) is 0.176. The van der Waals surface area contributed by atoms with Crippen LogP contribution in [0, 0.1) is 0 Å². The molecule has 0 unspecified atom stereocenters. The Labute approximate surface area is 154 Å². The van der Waals surface area contributed by atoms with Gasteiger partial charge >= 0.3 is 5.97 Å². The second kappa shape index (κ2) is 8.97. The van der Waals surface area contributed by atoms with Gasteiger partial charge in [0, 0.05) is 4.90 Å². The van der Waals surface area contributed by atoms with E-state index >= 15 is 0 Å². The van der Waals surface area contributed by atoms with E-state index in [2.05, 4.69) is 5.32 Å². The Hall–Kier alpha value is -1.69. The molecule has 2 aromatic rings. The number of hydrogen-bond donors (Lipinski definition) is 1. The van der Waals surface area contributed by atoms with Crippen LogP contribution in [0.15, 0.2) is 47.4 Å². The lowest BCUT2D eigenvalue weighted by atomic mass is 10.2. The molecule has 0 fully saturated rings. The molecule has 126 valence electrons. The maximum absolute atomic E-state index is 12.2. The van der Waals surface area contributed by atoms with Crippen molar-refractivity contribution in [2.75, 3.05) is 17.7 Å². The average Bonchev–Trinajstić information content (AvgIpc) is 2.57. The van der Waals surface area contributed by atoms with Crippen LogP contribution in [0.2, 0.25) is 10.0 Å². The molecule has 0 aliphatic heterocycles. The molecule has 2 aromatic carbocycles. The molecule has 4 nitrogen and oxygen atoms in total. The van der Waals surface area contributed by atoms with Gasteiger partial charge in [0.25, 0.3) is 5.91 Å². The molecule has 0 bridgehead atoms. The number of ether oxygens (including phenoxy) is 1. The molecule has 0 aliphatic rings. The minimum atomic E-state index is -0.549. The summed E-state index contributed by atoms with van der Waals surface area (Å²) in [5.41, 5.74) is 0.733. The third-order valence-corrected chi connectivity index (χ3v) is 4.55. The number of carbonyl (C=O) groups is 2. The lowest BCUT2D eigenvalue weighted by Gasteiger charge is -2.10. The Balaban J connectivity index is 1.98. The fourth-order valence-corrected chi connectivity index (χ4v) is 3.20. The van der Waals surface area contributed by atoms with Crippen molar-refractivity contribution in [3.63, 3.8) is 0 Å². The Morgan fingerprint density at radius 2 is 1.75 bits per heavy atom. The van der Waals surface area contributed by atoms with Gasteiger partial charge < -0.3 is 10.1 Å². The minimum absolute atomic E-state index is 0.295. The summed E-state index contributed by atoms with van der Waals surface area (Å²) in [6.45, 7) is 1.57. The number of anilines is 1. The summed E-state index contributed by atoms with van der Waals surface area (Å²) < 4.78 is 5.08. The van der Waals surface area contributed by atoms with E-state index in [1.165, 1.54) is 11.8 Å². The number of carbonyl (C=O) groups excluding carboxylic acids is 2. The maximum Gasteiger partial charge on any atom is 0.339 e. The lowest BCUT2D eigenvalue weighted by Crippen LogP contribution is -2.21. The first-order valence-corrected chi connectivity index (χ1v) is 8.90. The highest BCUT2D eigenvalue weighted by Crippen LogP contribution is 2.29. The summed E-state index contributed by atoms with van der Waals surface area (Å²) in [5.74, 6) is -0.235. The highest BCUT2D eigenvalue weighted by molar-refractivity contribution is 7.99. The smallest absolute Gasteiger partial charge is 0.339 e. The van der Waals surface area contributed by atoms with E-state index in [1.54, 1.807) is 30.3 Å². The van der Waals surface area contributed by atoms with Crippen LogP contribution >= 0.6 is 35.0 Å². The van der Waals surface area contributed by atoms with E-state index in [0.717, 1.165) is 10.6 Å². The zero-order valence-electron chi connectivity index (χ0n) is 12.8. The molecule has 0 saturated heterocycles. The van der Waals surface area contributed by atoms with Crippen LogP contribution in [0.1, 0.15) is 17.3 Å². The molecular weight excluding hydrogens is 369 g/mol. The van der Waals surface area contributed by atoms with Crippen LogP contribution < -0.4 is 5.32 Å². The number of hydrogen-bond acceptors (Lipinski definition) is 4. The van der Waals surface area contributed by atoms with Crippen molar-refractivity contribution in [3.8, 4) is 0 Å². The summed E-state index contributed by atoms with van der Waals surface area (Å²) in [4.78, 5) is 24.9.